The van der Waals surface area contributed by atoms with Crippen molar-refractivity contribution in [1.29, 1.82) is 0 Å². The van der Waals surface area contributed by atoms with Crippen molar-refractivity contribution < 1.29 is 23.1 Å². The van der Waals surface area contributed by atoms with Crippen molar-refractivity contribution in [1.82, 2.24) is 0 Å². The molecule has 0 aliphatic carbocycles. The third kappa shape index (κ3) is 4.29. The van der Waals surface area contributed by atoms with Crippen LogP contribution >= 0.6 is 0 Å². The maximum Gasteiger partial charge on any atom is 0.282 e. The van der Waals surface area contributed by atoms with Crippen LogP contribution < -0.4 is 15.0 Å². The molecular weight excluding hydrogens is 438 g/mol. The second kappa shape index (κ2) is 9.47. The number of amides is 2. The van der Waals surface area contributed by atoms with Gasteiger partial charge in [-0.3, -0.25) is 9.59 Å². The molecule has 1 heterocycles. The first kappa shape index (κ1) is 23.2. The molecule has 0 radical (unpaired) electrons. The van der Waals surface area contributed by atoms with E-state index in [1.165, 1.54) is 6.07 Å². The molecule has 7 heteroatoms. The van der Waals surface area contributed by atoms with Crippen molar-refractivity contribution in [2.24, 2.45) is 0 Å². The third-order valence-corrected chi connectivity index (χ3v) is 5.71. The van der Waals surface area contributed by atoms with Gasteiger partial charge in [0.05, 0.1) is 17.9 Å². The zero-order valence-electron chi connectivity index (χ0n) is 19.1. The predicted molar refractivity (Wildman–Crippen MR) is 128 cm³/mol. The van der Waals surface area contributed by atoms with Gasteiger partial charge in [-0.2, -0.15) is 0 Å². The van der Waals surface area contributed by atoms with Crippen LogP contribution in [0.3, 0.4) is 0 Å². The molecule has 174 valence electrons. The molecule has 1 aliphatic rings. The normalized spacial score (nSPS) is 13.6. The zero-order chi connectivity index (χ0) is 24.4. The lowest BCUT2D eigenvalue weighted by Gasteiger charge is -2.19. The Balaban J connectivity index is 1.80. The summed E-state index contributed by atoms with van der Waals surface area (Å²) in [4.78, 5) is 28.2. The van der Waals surface area contributed by atoms with Gasteiger partial charge in [-0.05, 0) is 67.3 Å². The Morgan fingerprint density at radius 3 is 2.32 bits per heavy atom. The van der Waals surface area contributed by atoms with Gasteiger partial charge in [0.2, 0.25) is 0 Å². The molecule has 2 amide bonds. The summed E-state index contributed by atoms with van der Waals surface area (Å²) in [6.45, 7) is 6.29. The molecule has 34 heavy (non-hydrogen) atoms. The molecule has 0 saturated heterocycles. The molecule has 0 fully saturated rings. The largest absolute Gasteiger partial charge is 0.494 e. The molecular formula is C27H24F2N2O3. The lowest BCUT2D eigenvalue weighted by Crippen LogP contribution is -2.33. The quantitative estimate of drug-likeness (QED) is 0.453. The minimum Gasteiger partial charge on any atom is -0.494 e. The molecule has 0 atom stereocenters. The number of halogens is 2. The fourth-order valence-corrected chi connectivity index (χ4v) is 3.77. The summed E-state index contributed by atoms with van der Waals surface area (Å²) in [6, 6.07) is 15.4. The monoisotopic (exact) mass is 462 g/mol. The van der Waals surface area contributed by atoms with Gasteiger partial charge >= 0.3 is 0 Å². The average Bonchev–Trinajstić information content (AvgIpc) is 3.06. The summed E-state index contributed by atoms with van der Waals surface area (Å²) in [5.74, 6) is -2.51. The van der Waals surface area contributed by atoms with E-state index in [2.05, 4.69) is 5.32 Å². The van der Waals surface area contributed by atoms with E-state index in [9.17, 15) is 18.4 Å². The number of carbonyl (C=O) groups is 2. The highest BCUT2D eigenvalue weighted by atomic mass is 19.2. The lowest BCUT2D eigenvalue weighted by molar-refractivity contribution is -0.120. The first-order chi connectivity index (χ1) is 16.3. The van der Waals surface area contributed by atoms with E-state index in [-0.39, 0.29) is 17.0 Å². The highest BCUT2D eigenvalue weighted by molar-refractivity contribution is 6.46. The van der Waals surface area contributed by atoms with E-state index in [0.717, 1.165) is 34.6 Å². The number of benzene rings is 3. The smallest absolute Gasteiger partial charge is 0.282 e. The highest BCUT2D eigenvalue weighted by Crippen LogP contribution is 2.36. The van der Waals surface area contributed by atoms with Gasteiger partial charge in [-0.15, -0.1) is 0 Å². The number of nitrogens with zero attached hydrogens (tertiary/aromatic N) is 1. The van der Waals surface area contributed by atoms with Crippen LogP contribution in [-0.2, 0) is 9.59 Å². The lowest BCUT2D eigenvalue weighted by atomic mass is 10.0. The highest BCUT2D eigenvalue weighted by Gasteiger charge is 2.41. The van der Waals surface area contributed by atoms with Crippen molar-refractivity contribution >= 4 is 28.8 Å². The SMILES string of the molecule is CCCOc1ccc(C2=C(Nc3ccc(F)c(F)c3)C(=O)N(c3cccc(C)c3C)C2=O)cc1. The molecule has 0 aromatic heterocycles. The second-order valence-electron chi connectivity index (χ2n) is 8.04. The molecule has 3 aromatic rings. The fourth-order valence-electron chi connectivity index (χ4n) is 3.77. The predicted octanol–water partition coefficient (Wildman–Crippen LogP) is 5.77. The van der Waals surface area contributed by atoms with Crippen LogP contribution in [0.4, 0.5) is 20.2 Å². The van der Waals surface area contributed by atoms with Crippen LogP contribution in [0.5, 0.6) is 5.75 Å². The maximum absolute atomic E-state index is 13.8. The zero-order valence-corrected chi connectivity index (χ0v) is 19.1. The molecule has 1 aliphatic heterocycles. The molecule has 1 N–H and O–H groups in total. The Morgan fingerprint density at radius 1 is 0.912 bits per heavy atom. The number of anilines is 2. The molecule has 0 saturated carbocycles. The Kier molecular flexibility index (Phi) is 6.45. The van der Waals surface area contributed by atoms with E-state index in [1.54, 1.807) is 36.4 Å². The molecule has 0 bridgehead atoms. The van der Waals surface area contributed by atoms with Crippen LogP contribution in [0.1, 0.15) is 30.0 Å². The van der Waals surface area contributed by atoms with Crippen molar-refractivity contribution in [3.8, 4) is 5.75 Å². The van der Waals surface area contributed by atoms with E-state index in [1.807, 2.05) is 26.8 Å². The number of rotatable bonds is 7. The standard InChI is InChI=1S/C27H24F2N2O3/c1-4-14-34-20-11-8-18(9-12-20)24-25(30-19-10-13-21(28)22(29)15-19)27(33)31(26(24)32)23-7-5-6-16(2)17(23)3/h5-13,15,30H,4,14H2,1-3H3. The van der Waals surface area contributed by atoms with Gasteiger partial charge in [-0.1, -0.05) is 31.2 Å². The molecule has 3 aromatic carbocycles. The van der Waals surface area contributed by atoms with Crippen LogP contribution in [0.15, 0.2) is 66.4 Å². The number of ether oxygens (including phenoxy) is 1. The summed E-state index contributed by atoms with van der Waals surface area (Å²) in [6.07, 6.45) is 0.854. The summed E-state index contributed by atoms with van der Waals surface area (Å²) in [5, 5.41) is 2.85. The first-order valence-corrected chi connectivity index (χ1v) is 11.0. The number of carbonyl (C=O) groups excluding carboxylic acids is 2. The number of aryl methyl sites for hydroxylation is 1. The first-order valence-electron chi connectivity index (χ1n) is 11.0. The Labute approximate surface area is 196 Å². The van der Waals surface area contributed by atoms with Crippen LogP contribution in [-0.4, -0.2) is 18.4 Å². The minimum atomic E-state index is -1.06. The molecule has 0 unspecified atom stereocenters. The maximum atomic E-state index is 13.8. The minimum absolute atomic E-state index is 0.0147. The molecule has 4 rings (SSSR count). The van der Waals surface area contributed by atoms with Gasteiger partial charge < -0.3 is 10.1 Å². The van der Waals surface area contributed by atoms with Crippen LogP contribution in [0, 0.1) is 25.5 Å². The fraction of sp³-hybridized carbons (Fsp3) is 0.185. The second-order valence-corrected chi connectivity index (χ2v) is 8.04. The van der Waals surface area contributed by atoms with Crippen LogP contribution in [0.2, 0.25) is 0 Å². The topological polar surface area (TPSA) is 58.6 Å². The Hall–Kier alpha value is -4.00. The van der Waals surface area contributed by atoms with E-state index in [0.29, 0.717) is 23.6 Å². The van der Waals surface area contributed by atoms with Crippen molar-refractivity contribution in [3.05, 3.63) is 94.7 Å². The third-order valence-electron chi connectivity index (χ3n) is 5.71. The Morgan fingerprint density at radius 2 is 1.65 bits per heavy atom. The van der Waals surface area contributed by atoms with Gasteiger partial charge in [0.1, 0.15) is 11.4 Å². The summed E-state index contributed by atoms with van der Waals surface area (Å²) >= 11 is 0. The molecule has 0 spiro atoms. The molecule has 5 nitrogen and oxygen atoms in total. The van der Waals surface area contributed by atoms with E-state index < -0.39 is 23.4 Å². The number of nitrogens with one attached hydrogen (secondary N) is 1. The van der Waals surface area contributed by atoms with Gasteiger partial charge in [0.25, 0.3) is 11.8 Å². The number of hydrogen-bond donors (Lipinski definition) is 1. The van der Waals surface area contributed by atoms with Crippen molar-refractivity contribution in [2.75, 3.05) is 16.8 Å². The van der Waals surface area contributed by atoms with Crippen molar-refractivity contribution in [3.63, 3.8) is 0 Å². The summed E-state index contributed by atoms with van der Waals surface area (Å²) < 4.78 is 32.9. The van der Waals surface area contributed by atoms with E-state index in [4.69, 9.17) is 4.74 Å². The summed E-state index contributed by atoms with van der Waals surface area (Å²) in [5.41, 5.74) is 2.97. The van der Waals surface area contributed by atoms with Crippen LogP contribution in [0.25, 0.3) is 5.57 Å². The van der Waals surface area contributed by atoms with E-state index >= 15 is 0 Å². The van der Waals surface area contributed by atoms with Crippen molar-refractivity contribution in [2.45, 2.75) is 27.2 Å². The summed E-state index contributed by atoms with van der Waals surface area (Å²) in [7, 11) is 0. The number of hydrogen-bond acceptors (Lipinski definition) is 4. The Bertz CT molecular complexity index is 1300. The van der Waals surface area contributed by atoms with Gasteiger partial charge in [-0.25, -0.2) is 13.7 Å². The van der Waals surface area contributed by atoms with Gasteiger partial charge in [0, 0.05) is 11.8 Å². The van der Waals surface area contributed by atoms with Gasteiger partial charge in [0.15, 0.2) is 11.6 Å². The number of imide groups is 1. The average molecular weight is 462 g/mol.